The summed E-state index contributed by atoms with van der Waals surface area (Å²) in [6.07, 6.45) is 0. The molecule has 6 heteroatoms. The fraction of sp³-hybridized carbons (Fsp3) is 0.278. The maximum atomic E-state index is 12.4. The van der Waals surface area contributed by atoms with Crippen molar-refractivity contribution in [1.82, 2.24) is 0 Å². The molecule has 2 N–H and O–H groups in total. The van der Waals surface area contributed by atoms with Crippen LogP contribution in [0.3, 0.4) is 0 Å². The Morgan fingerprint density at radius 2 is 1.79 bits per heavy atom. The molecule has 1 atom stereocenters. The van der Waals surface area contributed by atoms with E-state index >= 15 is 0 Å². The van der Waals surface area contributed by atoms with Crippen molar-refractivity contribution in [2.75, 3.05) is 10.6 Å². The summed E-state index contributed by atoms with van der Waals surface area (Å²) in [6, 6.07) is 13.2. The predicted octanol–water partition coefficient (Wildman–Crippen LogP) is 4.16. The number of non-ortho nitro benzene ring substituents is 1. The number of benzene rings is 2. The summed E-state index contributed by atoms with van der Waals surface area (Å²) >= 11 is 0. The summed E-state index contributed by atoms with van der Waals surface area (Å²) in [5.41, 5.74) is 2.36. The molecule has 0 aliphatic heterocycles. The van der Waals surface area contributed by atoms with E-state index in [4.69, 9.17) is 0 Å². The molecule has 2 aromatic carbocycles. The molecule has 0 fully saturated rings. The highest BCUT2D eigenvalue weighted by Gasteiger charge is 2.16. The van der Waals surface area contributed by atoms with E-state index in [1.807, 2.05) is 24.3 Å². The number of hydrogen-bond acceptors (Lipinski definition) is 4. The minimum absolute atomic E-state index is 0.0160. The number of nitrogens with zero attached hydrogens (tertiary/aromatic N) is 1. The van der Waals surface area contributed by atoms with Crippen molar-refractivity contribution < 1.29 is 9.72 Å². The van der Waals surface area contributed by atoms with E-state index in [9.17, 15) is 14.9 Å². The molecule has 0 heterocycles. The van der Waals surface area contributed by atoms with E-state index < -0.39 is 11.0 Å². The Labute approximate surface area is 141 Å². The third kappa shape index (κ3) is 4.32. The van der Waals surface area contributed by atoms with Gasteiger partial charge in [-0.15, -0.1) is 0 Å². The zero-order valence-corrected chi connectivity index (χ0v) is 13.9. The van der Waals surface area contributed by atoms with E-state index in [0.29, 0.717) is 11.6 Å². The summed E-state index contributed by atoms with van der Waals surface area (Å²) in [4.78, 5) is 22.8. The van der Waals surface area contributed by atoms with Crippen LogP contribution in [0.15, 0.2) is 48.5 Å². The number of carbonyl (C=O) groups excluding carboxylic acids is 1. The van der Waals surface area contributed by atoms with Crippen LogP contribution in [0.1, 0.15) is 32.3 Å². The van der Waals surface area contributed by atoms with E-state index in [-0.39, 0.29) is 11.6 Å². The zero-order valence-electron chi connectivity index (χ0n) is 13.9. The normalized spacial score (nSPS) is 11.8. The predicted molar refractivity (Wildman–Crippen MR) is 95.3 cm³/mol. The largest absolute Gasteiger partial charge is 0.374 e. The molecular formula is C18H21N3O3. The summed E-state index contributed by atoms with van der Waals surface area (Å²) in [5.74, 6) is 0.0937. The van der Waals surface area contributed by atoms with Crippen LogP contribution in [0.25, 0.3) is 0 Å². The number of rotatable bonds is 6. The van der Waals surface area contributed by atoms with Gasteiger partial charge >= 0.3 is 0 Å². The molecule has 1 amide bonds. The highest BCUT2D eigenvalue weighted by atomic mass is 16.6. The maximum absolute atomic E-state index is 12.4. The summed E-state index contributed by atoms with van der Waals surface area (Å²) in [6.45, 7) is 5.84. The van der Waals surface area contributed by atoms with Gasteiger partial charge in [-0.1, -0.05) is 38.1 Å². The molecule has 0 bridgehead atoms. The third-order valence-corrected chi connectivity index (χ3v) is 3.67. The van der Waals surface area contributed by atoms with Crippen LogP contribution in [0.2, 0.25) is 0 Å². The minimum Gasteiger partial charge on any atom is -0.374 e. The van der Waals surface area contributed by atoms with Gasteiger partial charge in [0.25, 0.3) is 5.69 Å². The molecule has 2 aromatic rings. The molecule has 0 unspecified atom stereocenters. The molecule has 24 heavy (non-hydrogen) atoms. The van der Waals surface area contributed by atoms with Crippen LogP contribution >= 0.6 is 0 Å². The second-order valence-corrected chi connectivity index (χ2v) is 5.90. The van der Waals surface area contributed by atoms with E-state index in [1.54, 1.807) is 19.1 Å². The van der Waals surface area contributed by atoms with Crippen molar-refractivity contribution in [3.8, 4) is 0 Å². The van der Waals surface area contributed by atoms with Crippen molar-refractivity contribution in [3.63, 3.8) is 0 Å². The first-order valence-corrected chi connectivity index (χ1v) is 7.79. The van der Waals surface area contributed by atoms with Crippen LogP contribution in [0, 0.1) is 10.1 Å². The second kappa shape index (κ2) is 7.59. The molecule has 0 aliphatic carbocycles. The number of carbonyl (C=O) groups is 1. The molecule has 0 radical (unpaired) electrons. The molecule has 0 aromatic heterocycles. The molecule has 0 saturated carbocycles. The van der Waals surface area contributed by atoms with E-state index in [1.165, 1.54) is 12.1 Å². The lowest BCUT2D eigenvalue weighted by Crippen LogP contribution is -2.32. The number of amides is 1. The number of nitro groups is 1. The van der Waals surface area contributed by atoms with Crippen LogP contribution in [0.4, 0.5) is 17.1 Å². The van der Waals surface area contributed by atoms with Crippen LogP contribution < -0.4 is 10.6 Å². The second-order valence-electron chi connectivity index (χ2n) is 5.90. The van der Waals surface area contributed by atoms with Crippen LogP contribution in [-0.4, -0.2) is 16.9 Å². The molecule has 0 saturated heterocycles. The Balaban J connectivity index is 2.08. The lowest BCUT2D eigenvalue weighted by molar-refractivity contribution is -0.384. The van der Waals surface area contributed by atoms with Crippen molar-refractivity contribution in [3.05, 3.63) is 64.2 Å². The van der Waals surface area contributed by atoms with Gasteiger partial charge in [0, 0.05) is 23.5 Å². The van der Waals surface area contributed by atoms with E-state index in [0.717, 1.165) is 11.3 Å². The van der Waals surface area contributed by atoms with Crippen molar-refractivity contribution in [2.24, 2.45) is 0 Å². The minimum atomic E-state index is -0.535. The Morgan fingerprint density at radius 3 is 2.46 bits per heavy atom. The number of hydrogen-bond donors (Lipinski definition) is 2. The Morgan fingerprint density at radius 1 is 1.08 bits per heavy atom. The molecule has 6 nitrogen and oxygen atoms in total. The molecule has 0 aliphatic rings. The fourth-order valence-corrected chi connectivity index (χ4v) is 2.38. The Kier molecular flexibility index (Phi) is 5.52. The van der Waals surface area contributed by atoms with Gasteiger partial charge in [-0.2, -0.15) is 0 Å². The van der Waals surface area contributed by atoms with Gasteiger partial charge in [0.15, 0.2) is 0 Å². The topological polar surface area (TPSA) is 84.3 Å². The number of nitrogens with one attached hydrogen (secondary N) is 2. The van der Waals surface area contributed by atoms with Crippen LogP contribution in [0.5, 0.6) is 0 Å². The first kappa shape index (κ1) is 17.5. The zero-order chi connectivity index (χ0) is 17.7. The van der Waals surface area contributed by atoms with E-state index in [2.05, 4.69) is 24.5 Å². The lowest BCUT2D eigenvalue weighted by atomic mass is 10.0. The Bertz CT molecular complexity index is 744. The van der Waals surface area contributed by atoms with Crippen molar-refractivity contribution in [2.45, 2.75) is 32.7 Å². The highest BCUT2D eigenvalue weighted by Crippen LogP contribution is 2.24. The van der Waals surface area contributed by atoms with Crippen molar-refractivity contribution >= 4 is 23.0 Å². The number of para-hydroxylation sites is 1. The standard InChI is InChI=1S/C18H21N3O3/c1-12(2)16-9-4-5-10-17(16)20-18(22)13(3)19-14-7-6-8-15(11-14)21(23)24/h4-13,19H,1-3H3,(H,20,22)/t13-/m1/s1. The number of anilines is 2. The molecule has 126 valence electrons. The molecule has 2 rings (SSSR count). The summed E-state index contributed by atoms with van der Waals surface area (Å²) in [5, 5.41) is 16.7. The number of nitro benzene ring substituents is 1. The third-order valence-electron chi connectivity index (χ3n) is 3.67. The quantitative estimate of drug-likeness (QED) is 0.616. The van der Waals surface area contributed by atoms with Gasteiger partial charge < -0.3 is 10.6 Å². The first-order chi connectivity index (χ1) is 11.4. The Hall–Kier alpha value is -2.89. The average Bonchev–Trinajstić information content (AvgIpc) is 2.55. The van der Waals surface area contributed by atoms with Gasteiger partial charge in [0.05, 0.1) is 4.92 Å². The van der Waals surface area contributed by atoms with Gasteiger partial charge in [-0.25, -0.2) is 0 Å². The van der Waals surface area contributed by atoms with Crippen molar-refractivity contribution in [1.29, 1.82) is 0 Å². The molecule has 0 spiro atoms. The first-order valence-electron chi connectivity index (χ1n) is 7.79. The van der Waals surface area contributed by atoms with Gasteiger partial charge in [0.1, 0.15) is 6.04 Å². The van der Waals surface area contributed by atoms with Gasteiger partial charge in [-0.05, 0) is 30.5 Å². The highest BCUT2D eigenvalue weighted by molar-refractivity contribution is 5.97. The SMILES string of the molecule is CC(C)c1ccccc1NC(=O)[C@@H](C)Nc1cccc([N+](=O)[O-])c1. The average molecular weight is 327 g/mol. The maximum Gasteiger partial charge on any atom is 0.271 e. The lowest BCUT2D eigenvalue weighted by Gasteiger charge is -2.18. The summed E-state index contributed by atoms with van der Waals surface area (Å²) < 4.78 is 0. The smallest absolute Gasteiger partial charge is 0.271 e. The van der Waals surface area contributed by atoms with Gasteiger partial charge in [0.2, 0.25) is 5.91 Å². The summed E-state index contributed by atoms with van der Waals surface area (Å²) in [7, 11) is 0. The van der Waals surface area contributed by atoms with Gasteiger partial charge in [-0.3, -0.25) is 14.9 Å². The fourth-order valence-electron chi connectivity index (χ4n) is 2.38. The van der Waals surface area contributed by atoms with Crippen LogP contribution in [-0.2, 0) is 4.79 Å². The molecular weight excluding hydrogens is 306 g/mol. The monoisotopic (exact) mass is 327 g/mol.